The summed E-state index contributed by atoms with van der Waals surface area (Å²) in [5, 5.41) is 2.45. The van der Waals surface area contributed by atoms with Crippen LogP contribution in [0.5, 0.6) is 0 Å². The van der Waals surface area contributed by atoms with Crippen LogP contribution in [-0.2, 0) is 0 Å². The van der Waals surface area contributed by atoms with Crippen molar-refractivity contribution in [2.24, 2.45) is 0 Å². The van der Waals surface area contributed by atoms with Crippen molar-refractivity contribution in [1.29, 1.82) is 0 Å². The summed E-state index contributed by atoms with van der Waals surface area (Å²) in [6.45, 7) is 1.41. The van der Waals surface area contributed by atoms with Gasteiger partial charge in [-0.05, 0) is 25.0 Å². The van der Waals surface area contributed by atoms with Gasteiger partial charge in [-0.15, -0.1) is 0 Å². The highest BCUT2D eigenvalue weighted by Gasteiger charge is 2.20. The lowest BCUT2D eigenvalue weighted by atomic mass is 10.3. The Kier molecular flexibility index (Phi) is 4.14. The number of carbonyl (C=O) groups is 1. The number of likely N-dealkylation sites (tertiary alicyclic amines) is 1. The number of carbonyl (C=O) groups excluding carboxylic acids is 1. The molecule has 1 aliphatic rings. The first-order valence-corrected chi connectivity index (χ1v) is 7.08. The Hall–Kier alpha value is -2.64. The Bertz CT molecular complexity index is 730. The second-order valence-corrected chi connectivity index (χ2v) is 5.14. The topological polar surface area (TPSA) is 58.1 Å². The van der Waals surface area contributed by atoms with Crippen LogP contribution in [0.15, 0.2) is 24.5 Å². The first kappa shape index (κ1) is 15.3. The molecule has 1 amide bonds. The summed E-state index contributed by atoms with van der Waals surface area (Å²) < 4.78 is 39.6. The zero-order valence-corrected chi connectivity index (χ0v) is 12.0. The van der Waals surface area contributed by atoms with E-state index in [1.807, 2.05) is 0 Å². The molecule has 5 nitrogen and oxygen atoms in total. The number of benzene rings is 1. The molecule has 0 bridgehead atoms. The molecule has 0 unspecified atom stereocenters. The fourth-order valence-corrected chi connectivity index (χ4v) is 2.35. The van der Waals surface area contributed by atoms with Crippen LogP contribution < -0.4 is 5.32 Å². The van der Waals surface area contributed by atoms with Gasteiger partial charge in [-0.25, -0.2) is 23.1 Å². The van der Waals surface area contributed by atoms with E-state index in [9.17, 15) is 18.0 Å². The summed E-state index contributed by atoms with van der Waals surface area (Å²) in [4.78, 5) is 21.7. The number of aromatic nitrogens is 2. The Morgan fingerprint density at radius 1 is 1.04 bits per heavy atom. The third-order valence-corrected chi connectivity index (χ3v) is 3.57. The van der Waals surface area contributed by atoms with Gasteiger partial charge in [0.05, 0.1) is 11.3 Å². The fraction of sp³-hybridized carbons (Fsp3) is 0.267. The van der Waals surface area contributed by atoms with Crippen LogP contribution in [0.4, 0.5) is 24.8 Å². The predicted octanol–water partition coefficient (Wildman–Crippen LogP) is 2.87. The van der Waals surface area contributed by atoms with Crippen molar-refractivity contribution < 1.29 is 18.0 Å². The first-order chi connectivity index (χ1) is 11.1. The summed E-state index contributed by atoms with van der Waals surface area (Å²) >= 11 is 0. The van der Waals surface area contributed by atoms with Crippen molar-refractivity contribution in [2.45, 2.75) is 12.8 Å². The van der Waals surface area contributed by atoms with Gasteiger partial charge in [-0.1, -0.05) is 0 Å². The fourth-order valence-electron chi connectivity index (χ4n) is 2.35. The minimum absolute atomic E-state index is 0.0205. The molecule has 0 spiro atoms. The highest BCUT2D eigenvalue weighted by atomic mass is 19.2. The van der Waals surface area contributed by atoms with Gasteiger partial charge in [0.15, 0.2) is 17.5 Å². The maximum Gasteiger partial charge on any atom is 0.256 e. The molecule has 0 atom stereocenters. The smallest absolute Gasteiger partial charge is 0.256 e. The van der Waals surface area contributed by atoms with Gasteiger partial charge >= 0.3 is 0 Å². The highest BCUT2D eigenvalue weighted by Crippen LogP contribution is 2.22. The molecule has 1 saturated heterocycles. The molecule has 0 radical (unpaired) electrons. The van der Waals surface area contributed by atoms with E-state index in [1.165, 1.54) is 12.4 Å². The number of amides is 1. The minimum atomic E-state index is -1.57. The van der Waals surface area contributed by atoms with Gasteiger partial charge in [0.1, 0.15) is 0 Å². The van der Waals surface area contributed by atoms with Crippen molar-refractivity contribution in [3.05, 3.63) is 47.5 Å². The average molecular weight is 322 g/mol. The van der Waals surface area contributed by atoms with E-state index in [2.05, 4.69) is 15.3 Å². The van der Waals surface area contributed by atoms with E-state index in [1.54, 1.807) is 4.90 Å². The first-order valence-electron chi connectivity index (χ1n) is 7.08. The molecular formula is C15H13F3N4O. The van der Waals surface area contributed by atoms with E-state index in [4.69, 9.17) is 0 Å². The molecule has 3 rings (SSSR count). The maximum absolute atomic E-state index is 13.6. The lowest BCUT2D eigenvalue weighted by molar-refractivity contribution is 0.0792. The number of hydrogen-bond donors (Lipinski definition) is 1. The summed E-state index contributed by atoms with van der Waals surface area (Å²) in [6.07, 6.45) is 4.57. The Morgan fingerprint density at radius 2 is 1.70 bits per heavy atom. The van der Waals surface area contributed by atoms with Gasteiger partial charge in [0, 0.05) is 25.5 Å². The minimum Gasteiger partial charge on any atom is -0.339 e. The van der Waals surface area contributed by atoms with Crippen LogP contribution >= 0.6 is 0 Å². The van der Waals surface area contributed by atoms with Gasteiger partial charge in [-0.2, -0.15) is 0 Å². The van der Waals surface area contributed by atoms with Crippen molar-refractivity contribution >= 4 is 17.5 Å². The number of nitrogens with zero attached hydrogens (tertiary/aromatic N) is 3. The molecule has 0 saturated carbocycles. The van der Waals surface area contributed by atoms with Gasteiger partial charge in [0.25, 0.3) is 5.91 Å². The number of hydrogen-bond acceptors (Lipinski definition) is 4. The summed E-state index contributed by atoms with van der Waals surface area (Å²) in [7, 11) is 0. The SMILES string of the molecule is O=C(c1cnc(Nc2ccc(F)c(F)c2F)nc1)N1CCCC1. The monoisotopic (exact) mass is 322 g/mol. The van der Waals surface area contributed by atoms with Gasteiger partial charge < -0.3 is 10.2 Å². The molecule has 2 aromatic rings. The van der Waals surface area contributed by atoms with E-state index >= 15 is 0 Å². The quantitative estimate of drug-likeness (QED) is 0.883. The Balaban J connectivity index is 1.75. The van der Waals surface area contributed by atoms with E-state index in [0.717, 1.165) is 25.0 Å². The van der Waals surface area contributed by atoms with E-state index < -0.39 is 17.5 Å². The third-order valence-electron chi connectivity index (χ3n) is 3.57. The molecule has 0 aliphatic carbocycles. The van der Waals surface area contributed by atoms with Gasteiger partial charge in [-0.3, -0.25) is 4.79 Å². The van der Waals surface area contributed by atoms with Crippen LogP contribution in [0.3, 0.4) is 0 Å². The summed E-state index contributed by atoms with van der Waals surface area (Å²) in [5.41, 5.74) is 0.0331. The maximum atomic E-state index is 13.6. The summed E-state index contributed by atoms with van der Waals surface area (Å²) in [6, 6.07) is 1.84. The Morgan fingerprint density at radius 3 is 2.35 bits per heavy atom. The molecule has 8 heteroatoms. The average Bonchev–Trinajstić information content (AvgIpc) is 3.10. The standard InChI is InChI=1S/C15H13F3N4O/c16-10-3-4-11(13(18)12(10)17)21-15-19-7-9(8-20-15)14(23)22-5-1-2-6-22/h3-4,7-8H,1-2,5-6H2,(H,19,20,21). The van der Waals surface area contributed by atoms with Crippen LogP contribution in [-0.4, -0.2) is 33.9 Å². The van der Waals surface area contributed by atoms with Crippen molar-refractivity contribution in [3.63, 3.8) is 0 Å². The largest absolute Gasteiger partial charge is 0.339 e. The lowest BCUT2D eigenvalue weighted by Gasteiger charge is -2.14. The number of anilines is 2. The molecule has 2 heterocycles. The van der Waals surface area contributed by atoms with E-state index in [0.29, 0.717) is 18.7 Å². The number of halogens is 3. The molecular weight excluding hydrogens is 309 g/mol. The molecule has 23 heavy (non-hydrogen) atoms. The Labute approximate surface area is 130 Å². The van der Waals surface area contributed by atoms with Crippen LogP contribution in [0.1, 0.15) is 23.2 Å². The summed E-state index contributed by atoms with van der Waals surface area (Å²) in [5.74, 6) is -4.39. The molecule has 1 N–H and O–H groups in total. The van der Waals surface area contributed by atoms with Crippen molar-refractivity contribution in [1.82, 2.24) is 14.9 Å². The number of nitrogens with one attached hydrogen (secondary N) is 1. The molecule has 1 fully saturated rings. The zero-order chi connectivity index (χ0) is 16.4. The molecule has 1 aromatic carbocycles. The number of rotatable bonds is 3. The highest BCUT2D eigenvalue weighted by molar-refractivity contribution is 5.93. The second-order valence-electron chi connectivity index (χ2n) is 5.14. The van der Waals surface area contributed by atoms with E-state index in [-0.39, 0.29) is 17.5 Å². The lowest BCUT2D eigenvalue weighted by Crippen LogP contribution is -2.27. The predicted molar refractivity (Wildman–Crippen MR) is 76.8 cm³/mol. The van der Waals surface area contributed by atoms with Crippen LogP contribution in [0.25, 0.3) is 0 Å². The third kappa shape index (κ3) is 3.10. The molecule has 1 aromatic heterocycles. The van der Waals surface area contributed by atoms with Crippen LogP contribution in [0, 0.1) is 17.5 Å². The second kappa shape index (κ2) is 6.23. The molecule has 1 aliphatic heterocycles. The normalized spacial score (nSPS) is 14.1. The van der Waals surface area contributed by atoms with Crippen molar-refractivity contribution in [3.8, 4) is 0 Å². The van der Waals surface area contributed by atoms with Gasteiger partial charge in [0.2, 0.25) is 5.95 Å². The van der Waals surface area contributed by atoms with Crippen LogP contribution in [0.2, 0.25) is 0 Å². The van der Waals surface area contributed by atoms with Crippen molar-refractivity contribution in [2.75, 3.05) is 18.4 Å². The molecule has 120 valence electrons. The zero-order valence-electron chi connectivity index (χ0n) is 12.0.